The molecular formula is C14H25N5O. The molecule has 1 aromatic heterocycles. The minimum absolute atomic E-state index is 0.114. The minimum atomic E-state index is -0.114. The van der Waals surface area contributed by atoms with Crippen LogP contribution in [0.3, 0.4) is 0 Å². The van der Waals surface area contributed by atoms with E-state index in [0.717, 1.165) is 6.54 Å². The molecule has 0 atom stereocenters. The quantitative estimate of drug-likeness (QED) is 0.516. The second-order valence-corrected chi connectivity index (χ2v) is 5.26. The predicted octanol–water partition coefficient (Wildman–Crippen LogP) is 1.22. The van der Waals surface area contributed by atoms with Gasteiger partial charge in [0.15, 0.2) is 0 Å². The Hall–Kier alpha value is -1.66. The van der Waals surface area contributed by atoms with Crippen molar-refractivity contribution in [3.63, 3.8) is 0 Å². The van der Waals surface area contributed by atoms with Crippen molar-refractivity contribution in [2.45, 2.75) is 39.8 Å². The number of nitrogen functional groups attached to an aromatic ring is 1. The molecule has 0 radical (unpaired) electrons. The van der Waals surface area contributed by atoms with Gasteiger partial charge in [-0.05, 0) is 39.8 Å². The molecule has 0 saturated carbocycles. The molecular weight excluding hydrogens is 254 g/mol. The lowest BCUT2D eigenvalue weighted by molar-refractivity contribution is 0.0939. The summed E-state index contributed by atoms with van der Waals surface area (Å²) in [6.45, 7) is 10.1. The minimum Gasteiger partial charge on any atom is -0.351 e. The van der Waals surface area contributed by atoms with Crippen LogP contribution >= 0.6 is 0 Å². The zero-order valence-corrected chi connectivity index (χ0v) is 12.7. The lowest BCUT2D eigenvalue weighted by atomic mass is 10.2. The molecule has 1 amide bonds. The van der Waals surface area contributed by atoms with E-state index in [1.54, 1.807) is 18.3 Å². The lowest BCUT2D eigenvalue weighted by Crippen LogP contribution is -2.42. The fourth-order valence-electron chi connectivity index (χ4n) is 2.16. The molecule has 1 aromatic rings. The van der Waals surface area contributed by atoms with Gasteiger partial charge < -0.3 is 10.7 Å². The zero-order chi connectivity index (χ0) is 15.1. The van der Waals surface area contributed by atoms with Crippen LogP contribution in [0.2, 0.25) is 0 Å². The summed E-state index contributed by atoms with van der Waals surface area (Å²) in [4.78, 5) is 18.3. The van der Waals surface area contributed by atoms with Gasteiger partial charge in [0.2, 0.25) is 0 Å². The van der Waals surface area contributed by atoms with Crippen LogP contribution < -0.4 is 16.6 Å². The first-order valence-electron chi connectivity index (χ1n) is 6.92. The molecule has 6 nitrogen and oxygen atoms in total. The molecule has 6 heteroatoms. The fraction of sp³-hybridized carbons (Fsp3) is 0.571. The Labute approximate surface area is 120 Å². The first-order chi connectivity index (χ1) is 9.45. The molecule has 0 spiro atoms. The van der Waals surface area contributed by atoms with E-state index in [4.69, 9.17) is 5.84 Å². The molecule has 112 valence electrons. The van der Waals surface area contributed by atoms with Crippen LogP contribution in [0.5, 0.6) is 0 Å². The molecule has 0 fully saturated rings. The van der Waals surface area contributed by atoms with E-state index >= 15 is 0 Å². The number of hydrogen-bond donors (Lipinski definition) is 3. The van der Waals surface area contributed by atoms with Gasteiger partial charge in [0.1, 0.15) is 5.82 Å². The van der Waals surface area contributed by atoms with Crippen molar-refractivity contribution in [2.24, 2.45) is 5.84 Å². The number of hydrazine groups is 1. The molecule has 20 heavy (non-hydrogen) atoms. The van der Waals surface area contributed by atoms with Gasteiger partial charge in [-0.3, -0.25) is 9.69 Å². The van der Waals surface area contributed by atoms with Crippen molar-refractivity contribution in [3.8, 4) is 0 Å². The number of nitrogens with one attached hydrogen (secondary N) is 2. The van der Waals surface area contributed by atoms with Crippen molar-refractivity contribution in [1.29, 1.82) is 0 Å². The number of anilines is 1. The number of rotatable bonds is 7. The Morgan fingerprint density at radius 1 is 1.35 bits per heavy atom. The van der Waals surface area contributed by atoms with Crippen LogP contribution in [0, 0.1) is 0 Å². The Bertz CT molecular complexity index is 425. The molecule has 4 N–H and O–H groups in total. The Balaban J connectivity index is 2.50. The molecule has 1 heterocycles. The van der Waals surface area contributed by atoms with Crippen molar-refractivity contribution in [1.82, 2.24) is 15.2 Å². The average molecular weight is 279 g/mol. The highest BCUT2D eigenvalue weighted by molar-refractivity contribution is 5.94. The molecule has 0 saturated heterocycles. The summed E-state index contributed by atoms with van der Waals surface area (Å²) in [5.74, 6) is 5.64. The van der Waals surface area contributed by atoms with Crippen LogP contribution in [0.25, 0.3) is 0 Å². The summed E-state index contributed by atoms with van der Waals surface area (Å²) >= 11 is 0. The Kier molecular flexibility index (Phi) is 6.41. The number of carbonyl (C=O) groups excluding carboxylic acids is 1. The number of carbonyl (C=O) groups is 1. The lowest BCUT2D eigenvalue weighted by Gasteiger charge is -2.30. The summed E-state index contributed by atoms with van der Waals surface area (Å²) < 4.78 is 0. The van der Waals surface area contributed by atoms with Gasteiger partial charge in [0, 0.05) is 36.9 Å². The van der Waals surface area contributed by atoms with Crippen LogP contribution in [0.1, 0.15) is 38.1 Å². The molecule has 0 aliphatic heterocycles. The van der Waals surface area contributed by atoms with E-state index in [1.807, 2.05) is 0 Å². The highest BCUT2D eigenvalue weighted by Crippen LogP contribution is 2.06. The number of aromatic nitrogens is 1. The topological polar surface area (TPSA) is 83.3 Å². The third-order valence-corrected chi connectivity index (χ3v) is 3.15. The van der Waals surface area contributed by atoms with Gasteiger partial charge in [0.05, 0.1) is 0 Å². The number of hydrogen-bond acceptors (Lipinski definition) is 5. The molecule has 0 aliphatic rings. The fourth-order valence-corrected chi connectivity index (χ4v) is 2.16. The predicted molar refractivity (Wildman–Crippen MR) is 81.4 cm³/mol. The maximum Gasteiger partial charge on any atom is 0.251 e. The molecule has 0 bridgehead atoms. The smallest absolute Gasteiger partial charge is 0.251 e. The van der Waals surface area contributed by atoms with Crippen molar-refractivity contribution in [3.05, 3.63) is 23.9 Å². The number of pyridine rings is 1. The summed E-state index contributed by atoms with van der Waals surface area (Å²) in [5.41, 5.74) is 2.98. The van der Waals surface area contributed by atoms with E-state index in [1.165, 1.54) is 0 Å². The van der Waals surface area contributed by atoms with Crippen LogP contribution in [0.15, 0.2) is 18.3 Å². The van der Waals surface area contributed by atoms with Crippen molar-refractivity contribution < 1.29 is 4.79 Å². The van der Waals surface area contributed by atoms with E-state index in [-0.39, 0.29) is 5.91 Å². The maximum atomic E-state index is 12.0. The zero-order valence-electron chi connectivity index (χ0n) is 12.7. The second-order valence-electron chi connectivity index (χ2n) is 5.26. The maximum absolute atomic E-state index is 12.0. The Morgan fingerprint density at radius 2 is 2.00 bits per heavy atom. The molecule has 0 unspecified atom stereocenters. The highest BCUT2D eigenvalue weighted by atomic mass is 16.1. The SMILES string of the molecule is CC(C)N(CCNC(=O)c1ccnc(NN)c1)C(C)C. The van der Waals surface area contributed by atoms with Gasteiger partial charge in [-0.1, -0.05) is 0 Å². The number of amides is 1. The second kappa shape index (κ2) is 7.81. The van der Waals surface area contributed by atoms with Crippen molar-refractivity contribution in [2.75, 3.05) is 18.5 Å². The van der Waals surface area contributed by atoms with Gasteiger partial charge in [-0.25, -0.2) is 10.8 Å². The summed E-state index contributed by atoms with van der Waals surface area (Å²) in [7, 11) is 0. The first-order valence-corrected chi connectivity index (χ1v) is 6.92. The standard InChI is InChI=1S/C14H25N5O/c1-10(2)19(11(3)4)8-7-17-14(20)12-5-6-16-13(9-12)18-15/h5-6,9-11H,7-8,15H2,1-4H3,(H,16,18)(H,17,20). The van der Waals surface area contributed by atoms with Crippen molar-refractivity contribution >= 4 is 11.7 Å². The van der Waals surface area contributed by atoms with E-state index in [9.17, 15) is 4.79 Å². The first kappa shape index (κ1) is 16.4. The number of nitrogens with two attached hydrogens (primary N) is 1. The van der Waals surface area contributed by atoms with Crippen LogP contribution in [-0.2, 0) is 0 Å². The third kappa shape index (κ3) is 4.79. The molecule has 1 rings (SSSR count). The molecule has 0 aromatic carbocycles. The Morgan fingerprint density at radius 3 is 2.55 bits per heavy atom. The monoisotopic (exact) mass is 279 g/mol. The van der Waals surface area contributed by atoms with Gasteiger partial charge in [0.25, 0.3) is 5.91 Å². The summed E-state index contributed by atoms with van der Waals surface area (Å²) in [5, 5.41) is 2.91. The molecule has 0 aliphatic carbocycles. The van der Waals surface area contributed by atoms with Gasteiger partial charge in [-0.15, -0.1) is 0 Å². The largest absolute Gasteiger partial charge is 0.351 e. The van der Waals surface area contributed by atoms with Crippen LogP contribution in [0.4, 0.5) is 5.82 Å². The highest BCUT2D eigenvalue weighted by Gasteiger charge is 2.13. The van der Waals surface area contributed by atoms with E-state index in [2.05, 4.69) is 48.3 Å². The van der Waals surface area contributed by atoms with Gasteiger partial charge >= 0.3 is 0 Å². The summed E-state index contributed by atoms with van der Waals surface area (Å²) in [6, 6.07) is 4.21. The average Bonchev–Trinajstić information content (AvgIpc) is 2.42. The van der Waals surface area contributed by atoms with E-state index < -0.39 is 0 Å². The van der Waals surface area contributed by atoms with Gasteiger partial charge in [-0.2, -0.15) is 0 Å². The van der Waals surface area contributed by atoms with Crippen LogP contribution in [-0.4, -0.2) is 41.0 Å². The van der Waals surface area contributed by atoms with E-state index in [0.29, 0.717) is 30.0 Å². The third-order valence-electron chi connectivity index (χ3n) is 3.15. The normalized spacial score (nSPS) is 11.2. The number of nitrogens with zero attached hydrogens (tertiary/aromatic N) is 2. The summed E-state index contributed by atoms with van der Waals surface area (Å²) in [6.07, 6.45) is 1.55.